The summed E-state index contributed by atoms with van der Waals surface area (Å²) in [5, 5.41) is 2.80. The van der Waals surface area contributed by atoms with E-state index in [1.165, 1.54) is 0 Å². The molecule has 5 heteroatoms. The summed E-state index contributed by atoms with van der Waals surface area (Å²) < 4.78 is 5.33. The first-order chi connectivity index (χ1) is 9.60. The minimum Gasteiger partial charge on any atom is -0.461 e. The molecule has 0 bridgehead atoms. The molecule has 0 saturated carbocycles. The molecule has 0 aliphatic heterocycles. The van der Waals surface area contributed by atoms with Crippen LogP contribution in [0, 0.1) is 0 Å². The Morgan fingerprint density at radius 2 is 2.20 bits per heavy atom. The molecule has 0 unspecified atom stereocenters. The van der Waals surface area contributed by atoms with Gasteiger partial charge in [-0.25, -0.2) is 4.98 Å². The fourth-order valence-corrected chi connectivity index (χ4v) is 2.16. The van der Waals surface area contributed by atoms with Crippen molar-refractivity contribution in [2.75, 3.05) is 0 Å². The average molecular weight is 269 g/mol. The monoisotopic (exact) mass is 269 g/mol. The molecule has 2 aromatic heterocycles. The van der Waals surface area contributed by atoms with Crippen LogP contribution in [0.5, 0.6) is 0 Å². The van der Waals surface area contributed by atoms with E-state index in [0.717, 1.165) is 16.6 Å². The molecule has 0 saturated heterocycles. The van der Waals surface area contributed by atoms with Gasteiger partial charge >= 0.3 is 0 Å². The number of amides is 1. The Labute approximate surface area is 116 Å². The van der Waals surface area contributed by atoms with E-state index in [4.69, 9.17) is 4.42 Å². The Balaban J connectivity index is 2.06. The number of nitrogens with one attached hydrogen (secondary N) is 2. The number of aromatic amines is 1. The van der Waals surface area contributed by atoms with Gasteiger partial charge in [-0.1, -0.05) is 6.07 Å². The summed E-state index contributed by atoms with van der Waals surface area (Å²) in [5.41, 5.74) is 2.36. The zero-order chi connectivity index (χ0) is 14.2. The van der Waals surface area contributed by atoms with Crippen LogP contribution >= 0.6 is 0 Å². The maximum atomic E-state index is 10.7. The van der Waals surface area contributed by atoms with Crippen molar-refractivity contribution < 1.29 is 9.21 Å². The second-order valence-electron chi connectivity index (χ2n) is 5.18. The van der Waals surface area contributed by atoms with Gasteiger partial charge in [-0.15, -0.1) is 0 Å². The normalized spacial score (nSPS) is 11.7. The lowest BCUT2D eigenvalue weighted by Gasteiger charge is -2.24. The van der Waals surface area contributed by atoms with Crippen LogP contribution in [0.15, 0.2) is 41.0 Å². The highest BCUT2D eigenvalue weighted by Crippen LogP contribution is 2.26. The van der Waals surface area contributed by atoms with Crippen molar-refractivity contribution in [3.63, 3.8) is 0 Å². The van der Waals surface area contributed by atoms with Gasteiger partial charge in [0.1, 0.15) is 0 Å². The maximum Gasteiger partial charge on any atom is 0.207 e. The minimum atomic E-state index is -0.425. The number of H-pyrrole nitrogens is 1. The second kappa shape index (κ2) is 4.52. The van der Waals surface area contributed by atoms with E-state index < -0.39 is 5.54 Å². The second-order valence-corrected chi connectivity index (χ2v) is 5.18. The van der Waals surface area contributed by atoms with Crippen molar-refractivity contribution in [2.45, 2.75) is 19.4 Å². The first kappa shape index (κ1) is 12.5. The lowest BCUT2D eigenvalue weighted by molar-refractivity contribution is -0.111. The lowest BCUT2D eigenvalue weighted by atomic mass is 9.94. The Hall–Kier alpha value is -2.56. The third kappa shape index (κ3) is 2.07. The van der Waals surface area contributed by atoms with E-state index in [-0.39, 0.29) is 0 Å². The molecule has 0 aliphatic carbocycles. The highest BCUT2D eigenvalue weighted by molar-refractivity contribution is 5.79. The van der Waals surface area contributed by atoms with E-state index >= 15 is 0 Å². The van der Waals surface area contributed by atoms with Crippen molar-refractivity contribution in [3.05, 3.63) is 42.2 Å². The highest BCUT2D eigenvalue weighted by atomic mass is 16.3. The van der Waals surface area contributed by atoms with E-state index in [1.54, 1.807) is 6.26 Å². The SMILES string of the molecule is CC(C)(NC=O)c1ccc2nc(-c3ccco3)[nH]c2c1. The summed E-state index contributed by atoms with van der Waals surface area (Å²) in [6, 6.07) is 9.57. The van der Waals surface area contributed by atoms with Crippen LogP contribution in [0.25, 0.3) is 22.6 Å². The number of carbonyl (C=O) groups is 1. The van der Waals surface area contributed by atoms with Gasteiger partial charge in [-0.2, -0.15) is 0 Å². The molecule has 3 aromatic rings. The van der Waals surface area contributed by atoms with Crippen LogP contribution in [0.1, 0.15) is 19.4 Å². The van der Waals surface area contributed by atoms with Crippen LogP contribution in [0.4, 0.5) is 0 Å². The van der Waals surface area contributed by atoms with Gasteiger partial charge in [0.25, 0.3) is 0 Å². The Morgan fingerprint density at radius 1 is 1.35 bits per heavy atom. The molecule has 2 N–H and O–H groups in total. The molecule has 5 nitrogen and oxygen atoms in total. The van der Waals surface area contributed by atoms with Crippen LogP contribution < -0.4 is 5.32 Å². The number of nitrogens with zero attached hydrogens (tertiary/aromatic N) is 1. The van der Waals surface area contributed by atoms with Crippen LogP contribution in [0.2, 0.25) is 0 Å². The fourth-order valence-electron chi connectivity index (χ4n) is 2.16. The smallest absolute Gasteiger partial charge is 0.207 e. The van der Waals surface area contributed by atoms with Crippen molar-refractivity contribution in [2.24, 2.45) is 0 Å². The summed E-state index contributed by atoms with van der Waals surface area (Å²) in [6.45, 7) is 3.90. The Kier molecular flexibility index (Phi) is 2.82. The lowest BCUT2D eigenvalue weighted by Crippen LogP contribution is -2.35. The Morgan fingerprint density at radius 3 is 2.90 bits per heavy atom. The van der Waals surface area contributed by atoms with Crippen LogP contribution in [-0.2, 0) is 10.3 Å². The summed E-state index contributed by atoms with van der Waals surface area (Å²) in [6.07, 6.45) is 2.33. The van der Waals surface area contributed by atoms with Gasteiger partial charge in [0.05, 0.1) is 22.8 Å². The minimum absolute atomic E-state index is 0.425. The molecule has 0 aliphatic rings. The number of furan rings is 1. The number of rotatable bonds is 4. The third-order valence-corrected chi connectivity index (χ3v) is 3.38. The molecule has 1 aromatic carbocycles. The first-order valence-corrected chi connectivity index (χ1v) is 6.35. The summed E-state index contributed by atoms with van der Waals surface area (Å²) in [7, 11) is 0. The van der Waals surface area contributed by atoms with Gasteiger partial charge < -0.3 is 14.7 Å². The molecular formula is C15H15N3O2. The predicted octanol–water partition coefficient (Wildman–Crippen LogP) is 2.80. The van der Waals surface area contributed by atoms with E-state index in [1.807, 2.05) is 44.2 Å². The zero-order valence-electron chi connectivity index (χ0n) is 11.3. The standard InChI is InChI=1S/C15H15N3O2/c1-15(2,16-9-19)10-5-6-11-12(8-10)18-14(17-11)13-4-3-7-20-13/h3-9H,1-2H3,(H,16,19)(H,17,18). The van der Waals surface area contributed by atoms with Gasteiger partial charge in [0.2, 0.25) is 6.41 Å². The van der Waals surface area contributed by atoms with E-state index in [0.29, 0.717) is 18.0 Å². The van der Waals surface area contributed by atoms with Gasteiger partial charge in [0.15, 0.2) is 11.6 Å². The van der Waals surface area contributed by atoms with Crippen molar-refractivity contribution in [3.8, 4) is 11.6 Å². The number of benzene rings is 1. The number of carbonyl (C=O) groups excluding carboxylic acids is 1. The number of aromatic nitrogens is 2. The van der Waals surface area contributed by atoms with Crippen LogP contribution in [0.3, 0.4) is 0 Å². The molecule has 0 spiro atoms. The molecule has 1 amide bonds. The first-order valence-electron chi connectivity index (χ1n) is 6.35. The molecule has 3 rings (SSSR count). The van der Waals surface area contributed by atoms with Crippen molar-refractivity contribution in [1.82, 2.24) is 15.3 Å². The van der Waals surface area contributed by atoms with E-state index in [2.05, 4.69) is 15.3 Å². The molecular weight excluding hydrogens is 254 g/mol. The molecule has 0 fully saturated rings. The molecule has 102 valence electrons. The number of imidazole rings is 1. The predicted molar refractivity (Wildman–Crippen MR) is 76.0 cm³/mol. The fraction of sp³-hybridized carbons (Fsp3) is 0.200. The summed E-state index contributed by atoms with van der Waals surface area (Å²) in [5.74, 6) is 1.40. The number of hydrogen-bond acceptors (Lipinski definition) is 3. The molecule has 0 atom stereocenters. The third-order valence-electron chi connectivity index (χ3n) is 3.38. The summed E-state index contributed by atoms with van der Waals surface area (Å²) >= 11 is 0. The highest BCUT2D eigenvalue weighted by Gasteiger charge is 2.20. The molecule has 2 heterocycles. The quantitative estimate of drug-likeness (QED) is 0.715. The van der Waals surface area contributed by atoms with E-state index in [9.17, 15) is 4.79 Å². The Bertz CT molecular complexity index is 742. The zero-order valence-corrected chi connectivity index (χ0v) is 11.3. The van der Waals surface area contributed by atoms with Gasteiger partial charge in [-0.05, 0) is 43.7 Å². The molecule has 20 heavy (non-hydrogen) atoms. The number of hydrogen-bond donors (Lipinski definition) is 2. The topological polar surface area (TPSA) is 70.9 Å². The average Bonchev–Trinajstić information content (AvgIpc) is 3.06. The number of fused-ring (bicyclic) bond motifs is 1. The van der Waals surface area contributed by atoms with Crippen molar-refractivity contribution >= 4 is 17.4 Å². The maximum absolute atomic E-state index is 10.7. The van der Waals surface area contributed by atoms with Crippen molar-refractivity contribution in [1.29, 1.82) is 0 Å². The van der Waals surface area contributed by atoms with Gasteiger partial charge in [0, 0.05) is 0 Å². The molecule has 0 radical (unpaired) electrons. The van der Waals surface area contributed by atoms with Crippen LogP contribution in [-0.4, -0.2) is 16.4 Å². The summed E-state index contributed by atoms with van der Waals surface area (Å²) in [4.78, 5) is 18.4. The largest absolute Gasteiger partial charge is 0.461 e. The van der Waals surface area contributed by atoms with Gasteiger partial charge in [-0.3, -0.25) is 4.79 Å².